The van der Waals surface area contributed by atoms with Crippen LogP contribution in [0.25, 0.3) is 11.4 Å². The van der Waals surface area contributed by atoms with Crippen LogP contribution in [0.2, 0.25) is 0 Å². The quantitative estimate of drug-likeness (QED) is 0.302. The molecule has 1 heterocycles. The van der Waals surface area contributed by atoms with Crippen molar-refractivity contribution in [3.63, 3.8) is 0 Å². The van der Waals surface area contributed by atoms with Crippen molar-refractivity contribution < 1.29 is 9.72 Å². The van der Waals surface area contributed by atoms with E-state index in [-0.39, 0.29) is 17.3 Å². The van der Waals surface area contributed by atoms with Crippen LogP contribution in [0.1, 0.15) is 12.5 Å². The molecule has 8 nitrogen and oxygen atoms in total. The molecule has 1 aromatic heterocycles. The molecule has 0 bridgehead atoms. The Morgan fingerprint density at radius 3 is 2.72 bits per heavy atom. The van der Waals surface area contributed by atoms with Gasteiger partial charge in [-0.3, -0.25) is 14.9 Å². The van der Waals surface area contributed by atoms with Crippen LogP contribution in [0.15, 0.2) is 52.1 Å². The molecule has 0 aliphatic rings. The van der Waals surface area contributed by atoms with Crippen molar-refractivity contribution in [1.29, 1.82) is 0 Å². The highest BCUT2D eigenvalue weighted by Gasteiger charge is 2.17. The van der Waals surface area contributed by atoms with Gasteiger partial charge in [0.25, 0.3) is 5.69 Å². The molecule has 3 aromatic rings. The molecule has 10 heteroatoms. The summed E-state index contributed by atoms with van der Waals surface area (Å²) in [6.45, 7) is 4.29. The van der Waals surface area contributed by atoms with Gasteiger partial charge in [-0.1, -0.05) is 52.0 Å². The number of benzene rings is 2. The van der Waals surface area contributed by atoms with Crippen LogP contribution in [-0.4, -0.2) is 31.3 Å². The molecule has 150 valence electrons. The van der Waals surface area contributed by atoms with Gasteiger partial charge in [0.15, 0.2) is 11.0 Å². The number of nitrogens with one attached hydrogen (secondary N) is 1. The van der Waals surface area contributed by atoms with E-state index in [4.69, 9.17) is 0 Å². The molecule has 0 aliphatic carbocycles. The molecule has 0 saturated heterocycles. The fraction of sp³-hybridized carbons (Fsp3) is 0.211. The topological polar surface area (TPSA) is 103 Å². The summed E-state index contributed by atoms with van der Waals surface area (Å²) in [7, 11) is 0. The Hall–Kier alpha value is -2.72. The molecule has 0 spiro atoms. The molecule has 0 atom stereocenters. The molecule has 3 rings (SSSR count). The summed E-state index contributed by atoms with van der Waals surface area (Å²) in [6, 6.07) is 12.3. The zero-order valence-electron chi connectivity index (χ0n) is 15.8. The van der Waals surface area contributed by atoms with Crippen LogP contribution in [0.5, 0.6) is 0 Å². The van der Waals surface area contributed by atoms with E-state index in [0.717, 1.165) is 15.9 Å². The summed E-state index contributed by atoms with van der Waals surface area (Å²) in [5.41, 5.74) is 1.82. The third kappa shape index (κ3) is 4.83. The highest BCUT2D eigenvalue weighted by Crippen LogP contribution is 2.29. The maximum absolute atomic E-state index is 12.3. The minimum absolute atomic E-state index is 0.0285. The van der Waals surface area contributed by atoms with E-state index in [2.05, 4.69) is 31.4 Å². The predicted octanol–water partition coefficient (Wildman–Crippen LogP) is 4.67. The smallest absolute Gasteiger partial charge is 0.274 e. The van der Waals surface area contributed by atoms with Crippen molar-refractivity contribution >= 4 is 45.0 Å². The average molecular weight is 476 g/mol. The maximum atomic E-state index is 12.3. The Kier molecular flexibility index (Phi) is 6.65. The first-order chi connectivity index (χ1) is 13.9. The second kappa shape index (κ2) is 9.19. The third-order valence-electron chi connectivity index (χ3n) is 4.17. The first kappa shape index (κ1) is 21.0. The zero-order chi connectivity index (χ0) is 21.0. The number of thioether (sulfide) groups is 1. The summed E-state index contributed by atoms with van der Waals surface area (Å²) in [5.74, 6) is 0.550. The molecule has 0 radical (unpaired) electrons. The van der Waals surface area contributed by atoms with Gasteiger partial charge < -0.3 is 9.88 Å². The minimum atomic E-state index is -0.466. The maximum Gasteiger partial charge on any atom is 0.274 e. The van der Waals surface area contributed by atoms with Gasteiger partial charge >= 0.3 is 0 Å². The SMILES string of the molecule is CCn1c(SCC(=O)Nc2ccc(C)c([N+](=O)[O-])c2)nnc1-c1ccccc1Br. The highest BCUT2D eigenvalue weighted by molar-refractivity contribution is 9.10. The van der Waals surface area contributed by atoms with Gasteiger partial charge in [-0.25, -0.2) is 0 Å². The van der Waals surface area contributed by atoms with Crippen molar-refractivity contribution in [2.45, 2.75) is 25.5 Å². The van der Waals surface area contributed by atoms with Crippen molar-refractivity contribution in [2.75, 3.05) is 11.1 Å². The van der Waals surface area contributed by atoms with Crippen LogP contribution in [0.3, 0.4) is 0 Å². The number of nitro benzene ring substituents is 1. The number of hydrogen-bond acceptors (Lipinski definition) is 6. The fourth-order valence-electron chi connectivity index (χ4n) is 2.73. The Morgan fingerprint density at radius 1 is 1.28 bits per heavy atom. The van der Waals surface area contributed by atoms with Crippen LogP contribution < -0.4 is 5.32 Å². The number of carbonyl (C=O) groups excluding carboxylic acids is 1. The fourth-order valence-corrected chi connectivity index (χ4v) is 4.00. The Labute approximate surface area is 180 Å². The number of halogens is 1. The van der Waals surface area contributed by atoms with Gasteiger partial charge in [-0.05, 0) is 26.0 Å². The number of anilines is 1. The van der Waals surface area contributed by atoms with E-state index in [0.29, 0.717) is 23.0 Å². The first-order valence-corrected chi connectivity index (χ1v) is 10.5. The molecule has 1 N–H and O–H groups in total. The predicted molar refractivity (Wildman–Crippen MR) is 116 cm³/mol. The van der Waals surface area contributed by atoms with Crippen molar-refractivity contribution in [3.8, 4) is 11.4 Å². The molecule has 0 aliphatic heterocycles. The highest BCUT2D eigenvalue weighted by atomic mass is 79.9. The Morgan fingerprint density at radius 2 is 2.03 bits per heavy atom. The Bertz CT molecular complexity index is 1070. The van der Waals surface area contributed by atoms with E-state index >= 15 is 0 Å². The van der Waals surface area contributed by atoms with Crippen molar-refractivity contribution in [1.82, 2.24) is 14.8 Å². The minimum Gasteiger partial charge on any atom is -0.325 e. The molecular weight excluding hydrogens is 458 g/mol. The standard InChI is InChI=1S/C19H18BrN5O3S/c1-3-24-18(14-6-4-5-7-15(14)20)22-23-19(24)29-11-17(26)21-13-9-8-12(2)16(10-13)25(27)28/h4-10H,3,11H2,1-2H3,(H,21,26). The monoisotopic (exact) mass is 475 g/mol. The normalized spacial score (nSPS) is 10.7. The third-order valence-corrected chi connectivity index (χ3v) is 5.83. The lowest BCUT2D eigenvalue weighted by atomic mass is 10.2. The second-order valence-electron chi connectivity index (χ2n) is 6.13. The number of aromatic nitrogens is 3. The van der Waals surface area contributed by atoms with Gasteiger partial charge in [0.05, 0.1) is 10.7 Å². The lowest BCUT2D eigenvalue weighted by molar-refractivity contribution is -0.385. The van der Waals surface area contributed by atoms with Gasteiger partial charge in [-0.2, -0.15) is 0 Å². The molecule has 0 saturated carbocycles. The largest absolute Gasteiger partial charge is 0.325 e. The number of carbonyl (C=O) groups is 1. The number of nitrogens with zero attached hydrogens (tertiary/aromatic N) is 4. The molecule has 0 unspecified atom stereocenters. The lowest BCUT2D eigenvalue weighted by Crippen LogP contribution is -2.15. The van der Waals surface area contributed by atoms with Crippen molar-refractivity contribution in [2.24, 2.45) is 0 Å². The van der Waals surface area contributed by atoms with E-state index < -0.39 is 4.92 Å². The molecule has 0 fully saturated rings. The summed E-state index contributed by atoms with van der Waals surface area (Å²) in [6.07, 6.45) is 0. The van der Waals surface area contributed by atoms with E-state index in [9.17, 15) is 14.9 Å². The zero-order valence-corrected chi connectivity index (χ0v) is 18.2. The van der Waals surface area contributed by atoms with Gasteiger partial charge in [-0.15, -0.1) is 10.2 Å². The van der Waals surface area contributed by atoms with E-state index in [1.165, 1.54) is 17.8 Å². The van der Waals surface area contributed by atoms with Crippen LogP contribution in [0, 0.1) is 17.0 Å². The number of aryl methyl sites for hydroxylation is 1. The first-order valence-electron chi connectivity index (χ1n) is 8.76. The lowest BCUT2D eigenvalue weighted by Gasteiger charge is -2.09. The van der Waals surface area contributed by atoms with Gasteiger partial charge in [0.1, 0.15) is 0 Å². The van der Waals surface area contributed by atoms with Crippen LogP contribution in [-0.2, 0) is 11.3 Å². The molecule has 1 amide bonds. The summed E-state index contributed by atoms with van der Waals surface area (Å²) in [4.78, 5) is 22.9. The van der Waals surface area contributed by atoms with Gasteiger partial charge in [0, 0.05) is 33.9 Å². The van der Waals surface area contributed by atoms with E-state index in [1.807, 2.05) is 35.8 Å². The summed E-state index contributed by atoms with van der Waals surface area (Å²) in [5, 5.41) is 22.9. The Balaban J connectivity index is 1.70. The van der Waals surface area contributed by atoms with Gasteiger partial charge in [0.2, 0.25) is 5.91 Å². The number of amides is 1. The van der Waals surface area contributed by atoms with E-state index in [1.54, 1.807) is 19.1 Å². The second-order valence-corrected chi connectivity index (χ2v) is 7.92. The number of nitro groups is 1. The van der Waals surface area contributed by atoms with Crippen LogP contribution >= 0.6 is 27.7 Å². The molecule has 2 aromatic carbocycles. The van der Waals surface area contributed by atoms with Crippen LogP contribution in [0.4, 0.5) is 11.4 Å². The number of rotatable bonds is 7. The van der Waals surface area contributed by atoms with Crippen molar-refractivity contribution in [3.05, 3.63) is 62.6 Å². The summed E-state index contributed by atoms with van der Waals surface area (Å²) < 4.78 is 2.85. The average Bonchev–Trinajstić information content (AvgIpc) is 3.10. The molecular formula is C19H18BrN5O3S. The summed E-state index contributed by atoms with van der Waals surface area (Å²) >= 11 is 4.79. The number of hydrogen-bond donors (Lipinski definition) is 1. The molecule has 29 heavy (non-hydrogen) atoms.